The number of hydrogen-bond acceptors (Lipinski definition) is 5. The number of aromatic nitrogens is 4. The first-order valence-corrected chi connectivity index (χ1v) is 8.76. The van der Waals surface area contributed by atoms with Crippen LogP contribution in [0.15, 0.2) is 6.07 Å². The molecule has 0 radical (unpaired) electrons. The zero-order chi connectivity index (χ0) is 18.1. The molecule has 2 aromatic heterocycles. The molecular weight excluding hydrogens is 352 g/mol. The predicted octanol–water partition coefficient (Wildman–Crippen LogP) is 1.81. The second-order valence-corrected chi connectivity index (χ2v) is 6.93. The van der Waals surface area contributed by atoms with Gasteiger partial charge >= 0.3 is 0 Å². The molecule has 1 amide bonds. The van der Waals surface area contributed by atoms with E-state index in [4.69, 9.17) is 5.73 Å². The van der Waals surface area contributed by atoms with Gasteiger partial charge in [-0.3, -0.25) is 4.79 Å². The maximum atomic E-state index is 12.7. The van der Waals surface area contributed by atoms with E-state index in [2.05, 4.69) is 15.1 Å². The van der Waals surface area contributed by atoms with Crippen LogP contribution in [-0.4, -0.2) is 49.7 Å². The number of carbonyl (C=O) groups is 1. The number of aryl methyl sites for hydroxylation is 3. The van der Waals surface area contributed by atoms with Gasteiger partial charge in [-0.1, -0.05) is 0 Å². The zero-order valence-corrected chi connectivity index (χ0v) is 16.6. The molecule has 2 aromatic rings. The number of carbonyl (C=O) groups excluding carboxylic acids is 1. The van der Waals surface area contributed by atoms with Gasteiger partial charge in [-0.05, 0) is 46.6 Å². The highest BCUT2D eigenvalue weighted by Gasteiger charge is 2.24. The number of nitrogens with zero attached hydrogens (tertiary/aromatic N) is 5. The van der Waals surface area contributed by atoms with Crippen LogP contribution in [0.25, 0.3) is 5.95 Å². The molecule has 1 saturated heterocycles. The van der Waals surface area contributed by atoms with Crippen LogP contribution in [0.5, 0.6) is 0 Å². The smallest absolute Gasteiger partial charge is 0.251 e. The number of halogens is 1. The van der Waals surface area contributed by atoms with Gasteiger partial charge in [0.15, 0.2) is 0 Å². The van der Waals surface area contributed by atoms with Gasteiger partial charge in [0, 0.05) is 41.8 Å². The molecule has 1 unspecified atom stereocenters. The van der Waals surface area contributed by atoms with E-state index in [0.717, 1.165) is 47.7 Å². The fourth-order valence-corrected chi connectivity index (χ4v) is 3.43. The normalized spacial score (nSPS) is 17.1. The molecule has 2 N–H and O–H groups in total. The topological polar surface area (TPSA) is 89.9 Å². The zero-order valence-electron chi connectivity index (χ0n) is 15.8. The van der Waals surface area contributed by atoms with E-state index >= 15 is 0 Å². The van der Waals surface area contributed by atoms with Gasteiger partial charge in [0.2, 0.25) is 5.91 Å². The summed E-state index contributed by atoms with van der Waals surface area (Å²) in [5.41, 5.74) is 10.5. The Morgan fingerprint density at radius 2 is 1.88 bits per heavy atom. The Morgan fingerprint density at radius 3 is 2.50 bits per heavy atom. The van der Waals surface area contributed by atoms with E-state index in [0.29, 0.717) is 18.9 Å². The Kier molecular flexibility index (Phi) is 6.36. The average molecular weight is 379 g/mol. The van der Waals surface area contributed by atoms with Gasteiger partial charge in [-0.25, -0.2) is 14.6 Å². The summed E-state index contributed by atoms with van der Waals surface area (Å²) in [5.74, 6) is 0.666. The third-order valence-electron chi connectivity index (χ3n) is 4.74. The number of hydrogen-bond donors (Lipinski definition) is 1. The lowest BCUT2D eigenvalue weighted by molar-refractivity contribution is -0.131. The molecule has 26 heavy (non-hydrogen) atoms. The monoisotopic (exact) mass is 378 g/mol. The van der Waals surface area contributed by atoms with E-state index in [1.165, 1.54) is 0 Å². The van der Waals surface area contributed by atoms with Crippen molar-refractivity contribution in [3.8, 4) is 5.95 Å². The van der Waals surface area contributed by atoms with Crippen LogP contribution in [0.3, 0.4) is 0 Å². The molecular formula is C18H27ClN6O. The summed E-state index contributed by atoms with van der Waals surface area (Å²) >= 11 is 0. The molecule has 142 valence electrons. The van der Waals surface area contributed by atoms with Crippen molar-refractivity contribution in [2.45, 2.75) is 53.0 Å². The molecule has 0 spiro atoms. The molecule has 7 nitrogen and oxygen atoms in total. The number of nitrogens with two attached hydrogens (primary N) is 1. The summed E-state index contributed by atoms with van der Waals surface area (Å²) in [4.78, 5) is 23.5. The van der Waals surface area contributed by atoms with E-state index in [9.17, 15) is 4.79 Å². The minimum Gasteiger partial charge on any atom is -0.341 e. The van der Waals surface area contributed by atoms with Crippen molar-refractivity contribution >= 4 is 18.3 Å². The second-order valence-electron chi connectivity index (χ2n) is 6.93. The maximum absolute atomic E-state index is 12.7. The van der Waals surface area contributed by atoms with Crippen molar-refractivity contribution in [1.82, 2.24) is 24.6 Å². The predicted molar refractivity (Wildman–Crippen MR) is 103 cm³/mol. The number of piperidine rings is 1. The fourth-order valence-electron chi connectivity index (χ4n) is 3.43. The van der Waals surface area contributed by atoms with Crippen molar-refractivity contribution in [2.24, 2.45) is 5.73 Å². The first-order valence-electron chi connectivity index (χ1n) is 8.76. The van der Waals surface area contributed by atoms with Crippen molar-refractivity contribution in [3.63, 3.8) is 0 Å². The number of likely N-dealkylation sites (tertiary alicyclic amines) is 1. The van der Waals surface area contributed by atoms with Crippen LogP contribution in [0.2, 0.25) is 0 Å². The van der Waals surface area contributed by atoms with E-state index in [-0.39, 0.29) is 24.4 Å². The summed E-state index contributed by atoms with van der Waals surface area (Å²) < 4.78 is 1.74. The van der Waals surface area contributed by atoms with Gasteiger partial charge in [0.25, 0.3) is 5.95 Å². The standard InChI is InChI=1S/C18H26N6O.ClH/c1-11-8-12(2)21-18(20-11)24-14(4)16(13(3)22-24)9-17(25)23-7-5-6-15(19)10-23;/h8,15H,5-7,9-10,19H2,1-4H3;1H. The van der Waals surface area contributed by atoms with Gasteiger partial charge in [0.05, 0.1) is 12.1 Å². The van der Waals surface area contributed by atoms with Crippen LogP contribution in [0.4, 0.5) is 0 Å². The fraction of sp³-hybridized carbons (Fsp3) is 0.556. The van der Waals surface area contributed by atoms with E-state index < -0.39 is 0 Å². The lowest BCUT2D eigenvalue weighted by atomic mass is 10.0. The minimum atomic E-state index is 0. The summed E-state index contributed by atoms with van der Waals surface area (Å²) in [6.07, 6.45) is 2.31. The van der Waals surface area contributed by atoms with Crippen LogP contribution in [0.1, 0.15) is 41.2 Å². The van der Waals surface area contributed by atoms with Crippen molar-refractivity contribution < 1.29 is 4.79 Å². The average Bonchev–Trinajstić information content (AvgIpc) is 2.82. The minimum absolute atomic E-state index is 0. The Bertz CT molecular complexity index is 783. The van der Waals surface area contributed by atoms with Gasteiger partial charge in [-0.2, -0.15) is 5.10 Å². The lowest BCUT2D eigenvalue weighted by Gasteiger charge is -2.30. The van der Waals surface area contributed by atoms with Crippen LogP contribution >= 0.6 is 12.4 Å². The molecule has 1 fully saturated rings. The van der Waals surface area contributed by atoms with Gasteiger partial charge < -0.3 is 10.6 Å². The summed E-state index contributed by atoms with van der Waals surface area (Å²) in [6, 6.07) is 2.02. The summed E-state index contributed by atoms with van der Waals surface area (Å²) in [6.45, 7) is 9.20. The molecule has 1 aliphatic heterocycles. The third kappa shape index (κ3) is 4.22. The summed E-state index contributed by atoms with van der Waals surface area (Å²) in [5, 5.41) is 4.57. The molecule has 0 saturated carbocycles. The molecule has 3 heterocycles. The Balaban J connectivity index is 0.00000243. The van der Waals surface area contributed by atoms with Crippen LogP contribution < -0.4 is 5.73 Å². The highest BCUT2D eigenvalue weighted by molar-refractivity contribution is 5.85. The Hall–Kier alpha value is -1.99. The number of amides is 1. The molecule has 1 aliphatic rings. The number of rotatable bonds is 3. The van der Waals surface area contributed by atoms with Crippen molar-refractivity contribution in [2.75, 3.05) is 13.1 Å². The van der Waals surface area contributed by atoms with Crippen molar-refractivity contribution in [3.05, 3.63) is 34.4 Å². The largest absolute Gasteiger partial charge is 0.341 e. The van der Waals surface area contributed by atoms with Crippen LogP contribution in [0, 0.1) is 27.7 Å². The van der Waals surface area contributed by atoms with Crippen LogP contribution in [-0.2, 0) is 11.2 Å². The molecule has 8 heteroatoms. The Labute approximate surface area is 160 Å². The van der Waals surface area contributed by atoms with Gasteiger partial charge in [-0.15, -0.1) is 12.4 Å². The molecule has 0 aliphatic carbocycles. The summed E-state index contributed by atoms with van der Waals surface area (Å²) in [7, 11) is 0. The van der Waals surface area contributed by atoms with Crippen molar-refractivity contribution in [1.29, 1.82) is 0 Å². The second kappa shape index (κ2) is 8.14. The molecule has 0 aromatic carbocycles. The first kappa shape index (κ1) is 20.3. The molecule has 3 rings (SSSR count). The molecule has 1 atom stereocenters. The lowest BCUT2D eigenvalue weighted by Crippen LogP contribution is -2.46. The third-order valence-corrected chi connectivity index (χ3v) is 4.74. The van der Waals surface area contributed by atoms with E-state index in [1.807, 2.05) is 38.7 Å². The Morgan fingerprint density at radius 1 is 1.23 bits per heavy atom. The van der Waals surface area contributed by atoms with Gasteiger partial charge in [0.1, 0.15) is 0 Å². The maximum Gasteiger partial charge on any atom is 0.251 e. The highest BCUT2D eigenvalue weighted by Crippen LogP contribution is 2.19. The van der Waals surface area contributed by atoms with E-state index in [1.54, 1.807) is 4.68 Å². The highest BCUT2D eigenvalue weighted by atomic mass is 35.5. The quantitative estimate of drug-likeness (QED) is 0.879. The SMILES string of the molecule is Cc1cc(C)nc(-n2nc(C)c(CC(=O)N3CCCC(N)C3)c2C)n1.Cl. The first-order chi connectivity index (χ1) is 11.8. The molecule has 0 bridgehead atoms.